The van der Waals surface area contributed by atoms with Gasteiger partial charge in [-0.05, 0) is 31.2 Å². The average Bonchev–Trinajstić information content (AvgIpc) is 2.91. The average molecular weight is 294 g/mol. The highest BCUT2D eigenvalue weighted by Gasteiger charge is 2.10. The fraction of sp³-hybridized carbons (Fsp3) is 0.176. The van der Waals surface area contributed by atoms with Crippen molar-refractivity contribution in [2.75, 3.05) is 5.32 Å². The molecule has 2 N–H and O–H groups in total. The molecule has 2 amide bonds. The van der Waals surface area contributed by atoms with Gasteiger partial charge in [0, 0.05) is 12.2 Å². The summed E-state index contributed by atoms with van der Waals surface area (Å²) in [5, 5.41) is 5.65. The molecular weight excluding hydrogens is 276 g/mol. The van der Waals surface area contributed by atoms with Crippen LogP contribution in [-0.2, 0) is 13.1 Å². The van der Waals surface area contributed by atoms with E-state index in [0.717, 1.165) is 29.1 Å². The Labute approximate surface area is 129 Å². The summed E-state index contributed by atoms with van der Waals surface area (Å²) in [5.74, 6) is 0.854. The van der Waals surface area contributed by atoms with Crippen LogP contribution >= 0.6 is 0 Å². The van der Waals surface area contributed by atoms with Crippen LogP contribution in [0.25, 0.3) is 11.0 Å². The van der Waals surface area contributed by atoms with Crippen molar-refractivity contribution in [2.45, 2.75) is 20.0 Å². The third kappa shape index (κ3) is 2.93. The normalized spacial score (nSPS) is 10.6. The number of nitrogens with one attached hydrogen (secondary N) is 2. The molecule has 3 rings (SSSR count). The van der Waals surface area contributed by atoms with E-state index in [4.69, 9.17) is 0 Å². The lowest BCUT2D eigenvalue weighted by molar-refractivity contribution is 0.251. The van der Waals surface area contributed by atoms with Gasteiger partial charge in [0.05, 0.1) is 17.6 Å². The topological polar surface area (TPSA) is 59.0 Å². The summed E-state index contributed by atoms with van der Waals surface area (Å²) in [6.45, 7) is 3.28. The number of hydrogen-bond donors (Lipinski definition) is 2. The number of amides is 2. The van der Waals surface area contributed by atoms with Gasteiger partial charge < -0.3 is 15.2 Å². The van der Waals surface area contributed by atoms with Crippen LogP contribution < -0.4 is 10.6 Å². The first kappa shape index (κ1) is 14.1. The number of aryl methyl sites for hydroxylation is 1. The van der Waals surface area contributed by atoms with Gasteiger partial charge in [-0.1, -0.05) is 30.3 Å². The second-order valence-electron chi connectivity index (χ2n) is 4.93. The summed E-state index contributed by atoms with van der Waals surface area (Å²) >= 11 is 0. The number of nitrogens with zero attached hydrogens (tertiary/aromatic N) is 2. The van der Waals surface area contributed by atoms with Crippen molar-refractivity contribution in [2.24, 2.45) is 0 Å². The van der Waals surface area contributed by atoms with E-state index in [2.05, 4.69) is 27.1 Å². The molecule has 0 bridgehead atoms. The molecule has 5 heteroatoms. The number of anilines is 1. The molecule has 0 saturated carbocycles. The zero-order chi connectivity index (χ0) is 15.4. The van der Waals surface area contributed by atoms with Crippen LogP contribution in [0.1, 0.15) is 12.7 Å². The van der Waals surface area contributed by atoms with Gasteiger partial charge >= 0.3 is 6.03 Å². The van der Waals surface area contributed by atoms with E-state index >= 15 is 0 Å². The Hall–Kier alpha value is -2.82. The van der Waals surface area contributed by atoms with Crippen LogP contribution in [0.15, 0.2) is 54.6 Å². The quantitative estimate of drug-likeness (QED) is 0.775. The van der Waals surface area contributed by atoms with Crippen molar-refractivity contribution in [3.05, 3.63) is 60.4 Å². The predicted molar refractivity (Wildman–Crippen MR) is 87.7 cm³/mol. The number of hydrogen-bond acceptors (Lipinski definition) is 2. The third-order valence-electron chi connectivity index (χ3n) is 3.49. The first-order chi connectivity index (χ1) is 10.8. The van der Waals surface area contributed by atoms with Crippen molar-refractivity contribution < 1.29 is 4.79 Å². The molecule has 0 aliphatic heterocycles. The standard InChI is InChI=1S/C17H18N4O/c1-2-21-15-11-7-6-10-14(15)20-16(21)12-18-17(22)19-13-8-4-3-5-9-13/h3-11H,2,12H2,1H3,(H2,18,19,22). The van der Waals surface area contributed by atoms with Gasteiger partial charge in [0.2, 0.25) is 0 Å². The molecule has 0 saturated heterocycles. The van der Waals surface area contributed by atoms with E-state index < -0.39 is 0 Å². The lowest BCUT2D eigenvalue weighted by atomic mass is 10.3. The van der Waals surface area contributed by atoms with Crippen LogP contribution in [-0.4, -0.2) is 15.6 Å². The first-order valence-electron chi connectivity index (χ1n) is 7.32. The number of rotatable bonds is 4. The van der Waals surface area contributed by atoms with Gasteiger partial charge in [-0.3, -0.25) is 0 Å². The van der Waals surface area contributed by atoms with Crippen LogP contribution in [0.5, 0.6) is 0 Å². The highest BCUT2D eigenvalue weighted by atomic mass is 16.2. The van der Waals surface area contributed by atoms with Crippen molar-refractivity contribution in [1.82, 2.24) is 14.9 Å². The number of imidazole rings is 1. The van der Waals surface area contributed by atoms with Gasteiger partial charge in [0.15, 0.2) is 0 Å². The maximum atomic E-state index is 11.9. The van der Waals surface area contributed by atoms with E-state index in [-0.39, 0.29) is 6.03 Å². The second kappa shape index (κ2) is 6.30. The molecule has 112 valence electrons. The molecule has 0 aliphatic rings. The molecule has 0 aliphatic carbocycles. The molecule has 5 nitrogen and oxygen atoms in total. The highest BCUT2D eigenvalue weighted by molar-refractivity contribution is 5.89. The molecule has 0 unspecified atom stereocenters. The zero-order valence-electron chi connectivity index (χ0n) is 12.4. The fourth-order valence-electron chi connectivity index (χ4n) is 2.47. The summed E-state index contributed by atoms with van der Waals surface area (Å²) in [4.78, 5) is 16.5. The maximum Gasteiger partial charge on any atom is 0.319 e. The minimum atomic E-state index is -0.235. The smallest absolute Gasteiger partial charge is 0.319 e. The van der Waals surface area contributed by atoms with Gasteiger partial charge in [-0.2, -0.15) is 0 Å². The summed E-state index contributed by atoms with van der Waals surface area (Å²) in [6.07, 6.45) is 0. The molecular formula is C17H18N4O. The molecule has 0 spiro atoms. The fourth-order valence-corrected chi connectivity index (χ4v) is 2.47. The Bertz CT molecular complexity index is 780. The largest absolute Gasteiger partial charge is 0.331 e. The van der Waals surface area contributed by atoms with Crippen LogP contribution in [0.3, 0.4) is 0 Å². The third-order valence-corrected chi connectivity index (χ3v) is 3.49. The SMILES string of the molecule is CCn1c(CNC(=O)Nc2ccccc2)nc2ccccc21. The van der Waals surface area contributed by atoms with Crippen LogP contribution in [0.4, 0.5) is 10.5 Å². The van der Waals surface area contributed by atoms with Crippen LogP contribution in [0.2, 0.25) is 0 Å². The van der Waals surface area contributed by atoms with Crippen LogP contribution in [0, 0.1) is 0 Å². The number of para-hydroxylation sites is 3. The zero-order valence-corrected chi connectivity index (χ0v) is 12.4. The van der Waals surface area contributed by atoms with Crippen molar-refractivity contribution in [1.29, 1.82) is 0 Å². The lowest BCUT2D eigenvalue weighted by Crippen LogP contribution is -2.29. The Morgan fingerprint density at radius 1 is 1.09 bits per heavy atom. The summed E-state index contributed by atoms with van der Waals surface area (Å²) in [6, 6.07) is 17.1. The van der Waals surface area contributed by atoms with E-state index in [1.807, 2.05) is 54.6 Å². The Kier molecular flexibility index (Phi) is 4.05. The second-order valence-corrected chi connectivity index (χ2v) is 4.93. The van der Waals surface area contributed by atoms with Gasteiger partial charge in [0.25, 0.3) is 0 Å². The lowest BCUT2D eigenvalue weighted by Gasteiger charge is -2.09. The number of urea groups is 1. The van der Waals surface area contributed by atoms with Crippen molar-refractivity contribution >= 4 is 22.8 Å². The number of aromatic nitrogens is 2. The van der Waals surface area contributed by atoms with Gasteiger partial charge in [-0.25, -0.2) is 9.78 Å². The number of benzene rings is 2. The van der Waals surface area contributed by atoms with Crippen molar-refractivity contribution in [3.8, 4) is 0 Å². The first-order valence-corrected chi connectivity index (χ1v) is 7.32. The van der Waals surface area contributed by atoms with Gasteiger partial charge in [-0.15, -0.1) is 0 Å². The molecule has 0 fully saturated rings. The number of carbonyl (C=O) groups excluding carboxylic acids is 1. The summed E-state index contributed by atoms with van der Waals surface area (Å²) < 4.78 is 2.11. The molecule has 2 aromatic carbocycles. The Morgan fingerprint density at radius 2 is 1.82 bits per heavy atom. The van der Waals surface area contributed by atoms with E-state index in [0.29, 0.717) is 6.54 Å². The Morgan fingerprint density at radius 3 is 2.59 bits per heavy atom. The summed E-state index contributed by atoms with van der Waals surface area (Å²) in [5.41, 5.74) is 2.80. The molecule has 0 atom stereocenters. The van der Waals surface area contributed by atoms with E-state index in [1.165, 1.54) is 0 Å². The maximum absolute atomic E-state index is 11.9. The van der Waals surface area contributed by atoms with Gasteiger partial charge in [0.1, 0.15) is 5.82 Å². The van der Waals surface area contributed by atoms with E-state index in [9.17, 15) is 4.79 Å². The molecule has 0 radical (unpaired) electrons. The Balaban J connectivity index is 1.70. The number of fused-ring (bicyclic) bond motifs is 1. The highest BCUT2D eigenvalue weighted by Crippen LogP contribution is 2.15. The summed E-state index contributed by atoms with van der Waals surface area (Å²) in [7, 11) is 0. The van der Waals surface area contributed by atoms with Crippen molar-refractivity contribution in [3.63, 3.8) is 0 Å². The van der Waals surface area contributed by atoms with E-state index in [1.54, 1.807) is 0 Å². The molecule has 22 heavy (non-hydrogen) atoms. The minimum Gasteiger partial charge on any atom is -0.331 e. The minimum absolute atomic E-state index is 0.235. The molecule has 1 aromatic heterocycles. The molecule has 3 aromatic rings. The predicted octanol–water partition coefficient (Wildman–Crippen LogP) is 3.38. The molecule has 1 heterocycles. The number of carbonyl (C=O) groups is 1. The monoisotopic (exact) mass is 294 g/mol.